The Morgan fingerprint density at radius 1 is 1.21 bits per heavy atom. The molecular weight excluding hydrogens is 361 g/mol. The average Bonchev–Trinajstić information content (AvgIpc) is 3.37. The van der Waals surface area contributed by atoms with Gasteiger partial charge in [-0.1, -0.05) is 0 Å². The van der Waals surface area contributed by atoms with Crippen LogP contribution in [0.2, 0.25) is 0 Å². The van der Waals surface area contributed by atoms with Gasteiger partial charge in [-0.15, -0.1) is 0 Å². The third kappa shape index (κ3) is 4.05. The molecule has 2 aromatic heterocycles. The normalized spacial score (nSPS) is 17.0. The Bertz CT molecular complexity index is 933. The van der Waals surface area contributed by atoms with Crippen LogP contribution >= 0.6 is 0 Å². The van der Waals surface area contributed by atoms with E-state index in [1.54, 1.807) is 34.1 Å². The molecule has 3 aromatic rings. The van der Waals surface area contributed by atoms with Crippen LogP contribution < -0.4 is 0 Å². The molecule has 1 saturated heterocycles. The summed E-state index contributed by atoms with van der Waals surface area (Å²) in [4.78, 5) is 14.6. The van der Waals surface area contributed by atoms with Gasteiger partial charge in [-0.2, -0.15) is 10.2 Å². The quantitative estimate of drug-likeness (QED) is 0.735. The number of aromatic hydroxyl groups is 1. The number of phenolic OH excluding ortho intramolecular Hbond substituents is 1. The van der Waals surface area contributed by atoms with Crippen LogP contribution in [-0.2, 0) is 13.1 Å². The topological polar surface area (TPSA) is 76.2 Å². The molecule has 1 aromatic carbocycles. The summed E-state index contributed by atoms with van der Waals surface area (Å²) < 4.78 is 17.2. The molecule has 146 valence electrons. The van der Waals surface area contributed by atoms with Gasteiger partial charge in [0.05, 0.1) is 13.1 Å². The van der Waals surface area contributed by atoms with E-state index in [1.165, 1.54) is 6.07 Å². The number of amides is 1. The van der Waals surface area contributed by atoms with Crippen LogP contribution in [0, 0.1) is 5.82 Å². The van der Waals surface area contributed by atoms with E-state index in [9.17, 15) is 14.3 Å². The molecule has 1 amide bonds. The number of rotatable bonds is 5. The Morgan fingerprint density at radius 3 is 2.86 bits per heavy atom. The van der Waals surface area contributed by atoms with Gasteiger partial charge in [0, 0.05) is 43.7 Å². The number of carbonyl (C=O) groups excluding carboxylic acids is 1. The largest absolute Gasteiger partial charge is 0.508 e. The van der Waals surface area contributed by atoms with Gasteiger partial charge < -0.3 is 10.0 Å². The number of likely N-dealkylation sites (tertiary alicyclic amines) is 1. The van der Waals surface area contributed by atoms with Gasteiger partial charge in [-0.3, -0.25) is 14.2 Å². The third-order valence-corrected chi connectivity index (χ3v) is 5.06. The lowest BCUT2D eigenvalue weighted by Crippen LogP contribution is -2.39. The molecular formula is C20H22FN5O2. The highest BCUT2D eigenvalue weighted by atomic mass is 19.1. The number of carbonyl (C=O) groups is 1. The van der Waals surface area contributed by atoms with Crippen molar-refractivity contribution in [1.82, 2.24) is 24.5 Å². The Balaban J connectivity index is 1.41. The van der Waals surface area contributed by atoms with E-state index in [-0.39, 0.29) is 17.6 Å². The van der Waals surface area contributed by atoms with E-state index >= 15 is 0 Å². The first kappa shape index (κ1) is 18.2. The molecule has 0 aliphatic carbocycles. The molecule has 1 aliphatic heterocycles. The van der Waals surface area contributed by atoms with E-state index in [1.807, 2.05) is 16.9 Å². The molecule has 8 heteroatoms. The number of piperidine rings is 1. The summed E-state index contributed by atoms with van der Waals surface area (Å²) in [5.74, 6) is -0.673. The lowest BCUT2D eigenvalue weighted by atomic mass is 9.90. The summed E-state index contributed by atoms with van der Waals surface area (Å²) in [7, 11) is 0. The number of halogens is 1. The summed E-state index contributed by atoms with van der Waals surface area (Å²) in [5.41, 5.74) is 1.13. The van der Waals surface area contributed by atoms with Crippen molar-refractivity contribution in [2.24, 2.45) is 0 Å². The van der Waals surface area contributed by atoms with Crippen LogP contribution in [0.5, 0.6) is 5.75 Å². The van der Waals surface area contributed by atoms with Gasteiger partial charge in [0.2, 0.25) is 0 Å². The fourth-order valence-electron chi connectivity index (χ4n) is 3.67. The zero-order chi connectivity index (χ0) is 19.5. The maximum Gasteiger partial charge on any atom is 0.274 e. The highest BCUT2D eigenvalue weighted by Gasteiger charge is 2.27. The Morgan fingerprint density at radius 2 is 2.07 bits per heavy atom. The van der Waals surface area contributed by atoms with Crippen molar-refractivity contribution in [2.45, 2.75) is 31.8 Å². The SMILES string of the molecule is O=C(c1ccn(CCn2cccn2)n1)N1CCCC(c2cc(O)cc(F)c2)C1. The zero-order valence-electron chi connectivity index (χ0n) is 15.4. The molecule has 0 bridgehead atoms. The molecule has 1 aliphatic rings. The number of benzene rings is 1. The predicted octanol–water partition coefficient (Wildman–Crippen LogP) is 2.64. The second kappa shape index (κ2) is 7.84. The molecule has 0 radical (unpaired) electrons. The molecule has 1 unspecified atom stereocenters. The molecule has 0 saturated carbocycles. The minimum atomic E-state index is -0.464. The minimum absolute atomic E-state index is 0.00111. The van der Waals surface area contributed by atoms with Gasteiger partial charge in [0.15, 0.2) is 0 Å². The van der Waals surface area contributed by atoms with Crippen molar-refractivity contribution in [3.8, 4) is 5.75 Å². The minimum Gasteiger partial charge on any atom is -0.508 e. The number of hydrogen-bond acceptors (Lipinski definition) is 4. The average molecular weight is 383 g/mol. The second-order valence-electron chi connectivity index (χ2n) is 7.07. The first-order valence-electron chi connectivity index (χ1n) is 9.38. The maximum atomic E-state index is 13.6. The second-order valence-corrected chi connectivity index (χ2v) is 7.07. The van der Waals surface area contributed by atoms with Gasteiger partial charge >= 0.3 is 0 Å². The molecule has 7 nitrogen and oxygen atoms in total. The standard InChI is InChI=1S/C20H22FN5O2/c21-17-11-16(12-18(27)13-17)15-3-1-6-24(14-15)20(28)19-4-8-26(23-19)10-9-25-7-2-5-22-25/h2,4-5,7-8,11-13,15,27H,1,3,6,9-10,14H2. The van der Waals surface area contributed by atoms with Crippen LogP contribution in [0.15, 0.2) is 48.9 Å². The molecule has 0 spiro atoms. The smallest absolute Gasteiger partial charge is 0.274 e. The van der Waals surface area contributed by atoms with Gasteiger partial charge in [-0.05, 0) is 42.7 Å². The van der Waals surface area contributed by atoms with Crippen LogP contribution in [0.1, 0.15) is 34.8 Å². The monoisotopic (exact) mass is 383 g/mol. The maximum absolute atomic E-state index is 13.6. The summed E-state index contributed by atoms with van der Waals surface area (Å²) in [6.07, 6.45) is 7.08. The van der Waals surface area contributed by atoms with E-state index < -0.39 is 5.82 Å². The van der Waals surface area contributed by atoms with E-state index in [0.717, 1.165) is 24.5 Å². The van der Waals surface area contributed by atoms with Crippen molar-refractivity contribution >= 4 is 5.91 Å². The molecule has 1 fully saturated rings. The van der Waals surface area contributed by atoms with Gasteiger partial charge in [-0.25, -0.2) is 4.39 Å². The molecule has 3 heterocycles. The van der Waals surface area contributed by atoms with Gasteiger partial charge in [0.25, 0.3) is 5.91 Å². The van der Waals surface area contributed by atoms with Crippen LogP contribution in [0.3, 0.4) is 0 Å². The van der Waals surface area contributed by atoms with Crippen LogP contribution in [0.25, 0.3) is 0 Å². The number of hydrogen-bond donors (Lipinski definition) is 1. The fourth-order valence-corrected chi connectivity index (χ4v) is 3.67. The summed E-state index contributed by atoms with van der Waals surface area (Å²) >= 11 is 0. The Hall–Kier alpha value is -3.16. The fraction of sp³-hybridized carbons (Fsp3) is 0.350. The number of phenols is 1. The summed E-state index contributed by atoms with van der Waals surface area (Å²) in [6, 6.07) is 7.69. The van der Waals surface area contributed by atoms with Gasteiger partial charge in [0.1, 0.15) is 17.3 Å². The highest BCUT2D eigenvalue weighted by molar-refractivity contribution is 5.92. The van der Waals surface area contributed by atoms with Crippen molar-refractivity contribution < 1.29 is 14.3 Å². The number of nitrogens with zero attached hydrogens (tertiary/aromatic N) is 5. The zero-order valence-corrected chi connectivity index (χ0v) is 15.4. The van der Waals surface area contributed by atoms with E-state index in [2.05, 4.69) is 10.2 Å². The van der Waals surface area contributed by atoms with Crippen molar-refractivity contribution in [3.05, 3.63) is 66.0 Å². The van der Waals surface area contributed by atoms with Crippen molar-refractivity contribution in [3.63, 3.8) is 0 Å². The molecule has 1 atom stereocenters. The Labute approximate surface area is 162 Å². The molecule has 4 rings (SSSR count). The third-order valence-electron chi connectivity index (χ3n) is 5.06. The summed E-state index contributed by atoms with van der Waals surface area (Å²) in [6.45, 7) is 2.44. The first-order chi connectivity index (χ1) is 13.6. The molecule has 28 heavy (non-hydrogen) atoms. The molecule has 1 N–H and O–H groups in total. The first-order valence-corrected chi connectivity index (χ1v) is 9.38. The Kier molecular flexibility index (Phi) is 5.10. The van der Waals surface area contributed by atoms with Crippen LogP contribution in [-0.4, -0.2) is 48.6 Å². The predicted molar refractivity (Wildman–Crippen MR) is 100 cm³/mol. The van der Waals surface area contributed by atoms with E-state index in [0.29, 0.717) is 31.9 Å². The van der Waals surface area contributed by atoms with Crippen LogP contribution in [0.4, 0.5) is 4.39 Å². The van der Waals surface area contributed by atoms with Crippen molar-refractivity contribution in [2.75, 3.05) is 13.1 Å². The summed E-state index contributed by atoms with van der Waals surface area (Å²) in [5, 5.41) is 18.2. The highest BCUT2D eigenvalue weighted by Crippen LogP contribution is 2.30. The lowest BCUT2D eigenvalue weighted by Gasteiger charge is -2.32. The number of aryl methyl sites for hydroxylation is 2. The van der Waals surface area contributed by atoms with E-state index in [4.69, 9.17) is 0 Å². The van der Waals surface area contributed by atoms with Crippen molar-refractivity contribution in [1.29, 1.82) is 0 Å². The lowest BCUT2D eigenvalue weighted by molar-refractivity contribution is 0.0700. The number of aromatic nitrogens is 4.